The van der Waals surface area contributed by atoms with Gasteiger partial charge in [0.05, 0.1) is 13.7 Å². The molecule has 0 amide bonds. The van der Waals surface area contributed by atoms with Gasteiger partial charge in [-0.2, -0.15) is 0 Å². The number of alkyl halides is 2. The molecule has 1 aliphatic rings. The van der Waals surface area contributed by atoms with Crippen molar-refractivity contribution in [1.29, 1.82) is 0 Å². The second kappa shape index (κ2) is 7.50. The van der Waals surface area contributed by atoms with Crippen LogP contribution in [0.5, 0.6) is 5.75 Å². The number of halogens is 2. The lowest BCUT2D eigenvalue weighted by atomic mass is 9.83. The Morgan fingerprint density at radius 1 is 1.12 bits per heavy atom. The van der Waals surface area contributed by atoms with Crippen molar-refractivity contribution in [3.63, 3.8) is 0 Å². The second-order valence-electron chi connectivity index (χ2n) is 6.61. The highest BCUT2D eigenvalue weighted by Crippen LogP contribution is 2.43. The van der Waals surface area contributed by atoms with Crippen molar-refractivity contribution in [2.75, 3.05) is 20.3 Å². The van der Waals surface area contributed by atoms with E-state index in [0.717, 1.165) is 16.9 Å². The zero-order chi connectivity index (χ0) is 17.9. The lowest BCUT2D eigenvalue weighted by Gasteiger charge is -2.44. The van der Waals surface area contributed by atoms with Crippen LogP contribution in [0.15, 0.2) is 54.6 Å². The van der Waals surface area contributed by atoms with Gasteiger partial charge in [0.25, 0.3) is 5.92 Å². The van der Waals surface area contributed by atoms with Crippen LogP contribution in [-0.4, -0.2) is 36.2 Å². The van der Waals surface area contributed by atoms with Crippen molar-refractivity contribution in [2.24, 2.45) is 5.92 Å². The largest absolute Gasteiger partial charge is 0.497 e. The highest BCUT2D eigenvalue weighted by Gasteiger charge is 2.46. The van der Waals surface area contributed by atoms with Gasteiger partial charge in [-0.1, -0.05) is 42.5 Å². The number of likely N-dealkylation sites (tertiary alicyclic amines) is 1. The molecule has 0 bridgehead atoms. The number of piperidine rings is 1. The number of ether oxygens (including phenoxy) is 1. The minimum atomic E-state index is -2.80. The summed E-state index contributed by atoms with van der Waals surface area (Å²) in [6, 6.07) is 16.8. The third-order valence-electron chi connectivity index (χ3n) is 4.76. The summed E-state index contributed by atoms with van der Waals surface area (Å²) in [5.74, 6) is -2.59. The normalized spacial score (nSPS) is 23.4. The number of rotatable bonds is 5. The summed E-state index contributed by atoms with van der Waals surface area (Å²) >= 11 is 0. The molecule has 3 nitrogen and oxygen atoms in total. The number of benzene rings is 2. The molecule has 1 saturated heterocycles. The molecular weight excluding hydrogens is 324 g/mol. The molecule has 3 rings (SSSR count). The fraction of sp³-hybridized carbons (Fsp3) is 0.400. The highest BCUT2D eigenvalue weighted by atomic mass is 19.3. The van der Waals surface area contributed by atoms with Crippen molar-refractivity contribution in [2.45, 2.75) is 24.9 Å². The minimum Gasteiger partial charge on any atom is -0.497 e. The lowest BCUT2D eigenvalue weighted by molar-refractivity contribution is -0.120. The third-order valence-corrected chi connectivity index (χ3v) is 4.76. The first-order valence-electron chi connectivity index (χ1n) is 8.43. The number of methoxy groups -OCH3 is 1. The average molecular weight is 347 g/mol. The van der Waals surface area contributed by atoms with Crippen molar-refractivity contribution >= 4 is 0 Å². The Bertz CT molecular complexity index is 676. The average Bonchev–Trinajstić information content (AvgIpc) is 2.61. The van der Waals surface area contributed by atoms with Crippen LogP contribution in [0.1, 0.15) is 23.6 Å². The summed E-state index contributed by atoms with van der Waals surface area (Å²) < 4.78 is 33.6. The van der Waals surface area contributed by atoms with Gasteiger partial charge < -0.3 is 9.84 Å². The Hall–Kier alpha value is -1.98. The fourth-order valence-corrected chi connectivity index (χ4v) is 3.67. The SMILES string of the molecule is COc1ccc([C@H]2[C@H](CO)CC(F)(F)CN2Cc2ccccc2)cc1. The quantitative estimate of drug-likeness (QED) is 0.891. The van der Waals surface area contributed by atoms with Gasteiger partial charge in [-0.05, 0) is 23.3 Å². The van der Waals surface area contributed by atoms with Gasteiger partial charge in [-0.25, -0.2) is 8.78 Å². The molecule has 2 aromatic carbocycles. The summed E-state index contributed by atoms with van der Waals surface area (Å²) in [7, 11) is 1.59. The Labute approximate surface area is 146 Å². The van der Waals surface area contributed by atoms with Gasteiger partial charge in [0.15, 0.2) is 0 Å². The Kier molecular flexibility index (Phi) is 5.35. The highest BCUT2D eigenvalue weighted by molar-refractivity contribution is 5.30. The molecule has 0 aromatic heterocycles. The second-order valence-corrected chi connectivity index (χ2v) is 6.61. The van der Waals surface area contributed by atoms with Crippen LogP contribution in [0.25, 0.3) is 0 Å². The molecule has 25 heavy (non-hydrogen) atoms. The third kappa shape index (κ3) is 4.17. The molecule has 1 aliphatic heterocycles. The van der Waals surface area contributed by atoms with Crippen molar-refractivity contribution < 1.29 is 18.6 Å². The van der Waals surface area contributed by atoms with Crippen LogP contribution < -0.4 is 4.74 Å². The van der Waals surface area contributed by atoms with E-state index in [-0.39, 0.29) is 25.6 Å². The minimum absolute atomic E-state index is 0.254. The molecule has 1 N–H and O–H groups in total. The predicted octanol–water partition coefficient (Wildman–Crippen LogP) is 3.89. The van der Waals surface area contributed by atoms with Crippen LogP contribution >= 0.6 is 0 Å². The van der Waals surface area contributed by atoms with Gasteiger partial charge in [0.2, 0.25) is 0 Å². The van der Waals surface area contributed by atoms with Gasteiger partial charge in [-0.15, -0.1) is 0 Å². The number of hydrogen-bond donors (Lipinski definition) is 1. The maximum Gasteiger partial charge on any atom is 0.261 e. The van der Waals surface area contributed by atoms with E-state index in [0.29, 0.717) is 6.54 Å². The zero-order valence-corrected chi connectivity index (χ0v) is 14.2. The van der Waals surface area contributed by atoms with E-state index < -0.39 is 11.8 Å². The monoisotopic (exact) mass is 347 g/mol. The molecule has 1 fully saturated rings. The van der Waals surface area contributed by atoms with Crippen LogP contribution in [0.3, 0.4) is 0 Å². The van der Waals surface area contributed by atoms with E-state index in [1.165, 1.54) is 0 Å². The standard InChI is InChI=1S/C20H23F2NO2/c1-25-18-9-7-16(8-10-18)19-17(13-24)11-20(21,22)14-23(19)12-15-5-3-2-4-6-15/h2-10,17,19,24H,11-14H2,1H3/t17-,19-/m0/s1. The van der Waals surface area contributed by atoms with Crippen LogP contribution in [0.2, 0.25) is 0 Å². The first-order valence-corrected chi connectivity index (χ1v) is 8.43. The van der Waals surface area contributed by atoms with E-state index in [1.807, 2.05) is 54.6 Å². The van der Waals surface area contributed by atoms with Gasteiger partial charge in [0.1, 0.15) is 5.75 Å². The number of aliphatic hydroxyl groups excluding tert-OH is 1. The zero-order valence-electron chi connectivity index (χ0n) is 14.2. The van der Waals surface area contributed by atoms with Crippen LogP contribution in [0, 0.1) is 5.92 Å². The summed E-state index contributed by atoms with van der Waals surface area (Å²) in [5, 5.41) is 9.75. The maximum absolute atomic E-state index is 14.2. The number of hydrogen-bond acceptors (Lipinski definition) is 3. The maximum atomic E-state index is 14.2. The molecule has 1 heterocycles. The predicted molar refractivity (Wildman–Crippen MR) is 92.7 cm³/mol. The fourth-order valence-electron chi connectivity index (χ4n) is 3.67. The van der Waals surface area contributed by atoms with Crippen molar-refractivity contribution in [3.05, 3.63) is 65.7 Å². The molecule has 134 valence electrons. The van der Waals surface area contributed by atoms with Gasteiger partial charge >= 0.3 is 0 Å². The molecule has 5 heteroatoms. The van der Waals surface area contributed by atoms with E-state index in [2.05, 4.69) is 0 Å². The van der Waals surface area contributed by atoms with E-state index >= 15 is 0 Å². The topological polar surface area (TPSA) is 32.7 Å². The molecule has 0 radical (unpaired) electrons. The molecule has 0 spiro atoms. The lowest BCUT2D eigenvalue weighted by Crippen LogP contribution is -2.49. The summed E-state index contributed by atoms with van der Waals surface area (Å²) in [6.45, 7) is -0.156. The van der Waals surface area contributed by atoms with Gasteiger partial charge in [-0.3, -0.25) is 4.90 Å². The van der Waals surface area contributed by atoms with Crippen LogP contribution in [-0.2, 0) is 6.54 Å². The Morgan fingerprint density at radius 3 is 2.40 bits per heavy atom. The molecule has 0 saturated carbocycles. The first kappa shape index (κ1) is 17.8. The Morgan fingerprint density at radius 2 is 1.80 bits per heavy atom. The first-order chi connectivity index (χ1) is 12.0. The summed E-state index contributed by atoms with van der Waals surface area (Å²) in [4.78, 5) is 1.78. The van der Waals surface area contributed by atoms with E-state index in [1.54, 1.807) is 12.0 Å². The number of aliphatic hydroxyl groups is 1. The van der Waals surface area contributed by atoms with Crippen molar-refractivity contribution in [1.82, 2.24) is 4.90 Å². The molecular formula is C20H23F2NO2. The van der Waals surface area contributed by atoms with Crippen LogP contribution in [0.4, 0.5) is 8.78 Å². The molecule has 0 aliphatic carbocycles. The smallest absolute Gasteiger partial charge is 0.261 e. The number of nitrogens with zero attached hydrogens (tertiary/aromatic N) is 1. The summed E-state index contributed by atoms with van der Waals surface area (Å²) in [6.07, 6.45) is -0.300. The molecule has 0 unspecified atom stereocenters. The Balaban J connectivity index is 1.93. The molecule has 2 atom stereocenters. The van der Waals surface area contributed by atoms with Gasteiger partial charge in [0, 0.05) is 31.5 Å². The van der Waals surface area contributed by atoms with Crippen molar-refractivity contribution in [3.8, 4) is 5.75 Å². The summed E-state index contributed by atoms with van der Waals surface area (Å²) in [5.41, 5.74) is 1.90. The van der Waals surface area contributed by atoms with E-state index in [4.69, 9.17) is 4.74 Å². The molecule has 2 aromatic rings. The van der Waals surface area contributed by atoms with E-state index in [9.17, 15) is 13.9 Å².